The fraction of sp³-hybridized carbons (Fsp3) is 0.360. The van der Waals surface area contributed by atoms with Crippen LogP contribution in [0.4, 0.5) is 17.6 Å². The van der Waals surface area contributed by atoms with Gasteiger partial charge in [-0.1, -0.05) is 41.4 Å². The Morgan fingerprint density at radius 3 is 2.51 bits per heavy atom. The highest BCUT2D eigenvalue weighted by Gasteiger charge is 2.57. The molecule has 1 fully saturated rings. The highest BCUT2D eigenvalue weighted by Crippen LogP contribution is 2.54. The number of allylic oxidation sites excluding steroid dienone is 2. The molecule has 0 spiro atoms. The SMILES string of the molecule is CCN1CCC(NC(=O)c2ccc(C3=CCC(c4ccc(F)c(Cl)c4)(C(F)(F)F)C3)cc2Cl)C1=O. The van der Waals surface area contributed by atoms with Gasteiger partial charge in [0.2, 0.25) is 5.91 Å². The summed E-state index contributed by atoms with van der Waals surface area (Å²) in [4.78, 5) is 26.6. The largest absolute Gasteiger partial charge is 0.399 e. The lowest BCUT2D eigenvalue weighted by Crippen LogP contribution is -2.41. The maximum absolute atomic E-state index is 14.3. The molecule has 2 unspecified atom stereocenters. The summed E-state index contributed by atoms with van der Waals surface area (Å²) in [7, 11) is 0. The number of nitrogens with zero attached hydrogens (tertiary/aromatic N) is 1. The molecule has 2 aromatic carbocycles. The Labute approximate surface area is 209 Å². The summed E-state index contributed by atoms with van der Waals surface area (Å²) in [5, 5.41) is 2.37. The van der Waals surface area contributed by atoms with Crippen molar-refractivity contribution < 1.29 is 27.2 Å². The van der Waals surface area contributed by atoms with Crippen LogP contribution in [0.15, 0.2) is 42.5 Å². The summed E-state index contributed by atoms with van der Waals surface area (Å²) in [6.07, 6.45) is -3.37. The van der Waals surface area contributed by atoms with Crippen molar-refractivity contribution in [1.29, 1.82) is 0 Å². The molecule has 1 N–H and O–H groups in total. The van der Waals surface area contributed by atoms with Gasteiger partial charge in [0.05, 0.1) is 21.0 Å². The van der Waals surface area contributed by atoms with Gasteiger partial charge in [0.25, 0.3) is 5.91 Å². The van der Waals surface area contributed by atoms with Gasteiger partial charge in [-0.15, -0.1) is 0 Å². The number of carbonyl (C=O) groups is 2. The number of alkyl halides is 3. The molecule has 2 amide bonds. The molecule has 0 bridgehead atoms. The lowest BCUT2D eigenvalue weighted by Gasteiger charge is -2.33. The van der Waals surface area contributed by atoms with Crippen molar-refractivity contribution in [3.8, 4) is 0 Å². The van der Waals surface area contributed by atoms with Crippen molar-refractivity contribution in [2.24, 2.45) is 0 Å². The maximum Gasteiger partial charge on any atom is 0.399 e. The summed E-state index contributed by atoms with van der Waals surface area (Å²) >= 11 is 12.1. The van der Waals surface area contributed by atoms with Crippen molar-refractivity contribution in [3.63, 3.8) is 0 Å². The Morgan fingerprint density at radius 2 is 1.91 bits per heavy atom. The summed E-state index contributed by atoms with van der Waals surface area (Å²) in [5.41, 5.74) is -1.40. The topological polar surface area (TPSA) is 49.4 Å². The summed E-state index contributed by atoms with van der Waals surface area (Å²) in [6.45, 7) is 2.97. The van der Waals surface area contributed by atoms with Gasteiger partial charge in [0.15, 0.2) is 0 Å². The van der Waals surface area contributed by atoms with Gasteiger partial charge in [0, 0.05) is 13.1 Å². The van der Waals surface area contributed by atoms with E-state index in [4.69, 9.17) is 23.2 Å². The van der Waals surface area contributed by atoms with Crippen LogP contribution >= 0.6 is 23.2 Å². The molecule has 1 heterocycles. The molecule has 35 heavy (non-hydrogen) atoms. The third kappa shape index (κ3) is 4.66. The Hall–Kier alpha value is -2.58. The minimum atomic E-state index is -4.61. The van der Waals surface area contributed by atoms with E-state index in [1.54, 1.807) is 4.90 Å². The van der Waals surface area contributed by atoms with E-state index < -0.39 is 29.4 Å². The van der Waals surface area contributed by atoms with Gasteiger partial charge in [-0.25, -0.2) is 4.39 Å². The molecular weight excluding hydrogens is 507 g/mol. The minimum Gasteiger partial charge on any atom is -0.341 e. The van der Waals surface area contributed by atoms with E-state index in [9.17, 15) is 27.2 Å². The molecule has 10 heteroatoms. The first-order chi connectivity index (χ1) is 16.5. The number of halogens is 6. The molecule has 2 aliphatic rings. The second-order valence-corrected chi connectivity index (χ2v) is 9.56. The summed E-state index contributed by atoms with van der Waals surface area (Å²) < 4.78 is 56.4. The van der Waals surface area contributed by atoms with Gasteiger partial charge < -0.3 is 10.2 Å². The number of hydrogen-bond donors (Lipinski definition) is 1. The van der Waals surface area contributed by atoms with Gasteiger partial charge >= 0.3 is 6.18 Å². The van der Waals surface area contributed by atoms with Crippen LogP contribution in [0.2, 0.25) is 10.0 Å². The smallest absolute Gasteiger partial charge is 0.341 e. The zero-order valence-electron chi connectivity index (χ0n) is 18.7. The van der Waals surface area contributed by atoms with Crippen LogP contribution in [0.25, 0.3) is 5.57 Å². The Morgan fingerprint density at radius 1 is 1.17 bits per heavy atom. The van der Waals surface area contributed by atoms with Gasteiger partial charge in [0.1, 0.15) is 11.9 Å². The minimum absolute atomic E-state index is 0.0630. The zero-order valence-corrected chi connectivity index (χ0v) is 20.2. The first-order valence-corrected chi connectivity index (χ1v) is 11.8. The van der Waals surface area contributed by atoms with Crippen LogP contribution in [0, 0.1) is 5.82 Å². The van der Waals surface area contributed by atoms with Crippen LogP contribution in [0.1, 0.15) is 47.7 Å². The number of carbonyl (C=O) groups excluding carboxylic acids is 2. The molecule has 2 atom stereocenters. The van der Waals surface area contributed by atoms with Crippen molar-refractivity contribution in [3.05, 3.63) is 75.0 Å². The van der Waals surface area contributed by atoms with E-state index in [1.165, 1.54) is 24.3 Å². The number of likely N-dealkylation sites (tertiary alicyclic amines) is 1. The van der Waals surface area contributed by atoms with Crippen molar-refractivity contribution in [1.82, 2.24) is 10.2 Å². The summed E-state index contributed by atoms with van der Waals surface area (Å²) in [6, 6.07) is 6.84. The third-order valence-corrected chi connectivity index (χ3v) is 7.38. The number of hydrogen-bond acceptors (Lipinski definition) is 2. The Kier molecular flexibility index (Phi) is 6.90. The maximum atomic E-state index is 14.3. The Bertz CT molecular complexity index is 1210. The van der Waals surface area contributed by atoms with E-state index in [2.05, 4.69) is 5.32 Å². The van der Waals surface area contributed by atoms with Crippen LogP contribution in [0.3, 0.4) is 0 Å². The normalized spacial score (nSPS) is 22.5. The monoisotopic (exact) mass is 528 g/mol. The predicted octanol–water partition coefficient (Wildman–Crippen LogP) is 6.16. The molecule has 0 radical (unpaired) electrons. The molecule has 4 rings (SSSR count). The lowest BCUT2D eigenvalue weighted by molar-refractivity contribution is -0.187. The second kappa shape index (κ2) is 9.47. The predicted molar refractivity (Wildman–Crippen MR) is 126 cm³/mol. The average molecular weight is 529 g/mol. The molecule has 2 aromatic rings. The zero-order chi connectivity index (χ0) is 25.5. The van der Waals surface area contributed by atoms with E-state index in [0.29, 0.717) is 30.6 Å². The fourth-order valence-electron chi connectivity index (χ4n) is 4.70. The molecule has 1 aliphatic carbocycles. The molecular formula is C25H22Cl2F4N2O2. The molecule has 0 aromatic heterocycles. The molecule has 1 saturated heterocycles. The molecule has 4 nitrogen and oxygen atoms in total. The summed E-state index contributed by atoms with van der Waals surface area (Å²) in [5.74, 6) is -1.47. The van der Waals surface area contributed by atoms with Crippen molar-refractivity contribution in [2.45, 2.75) is 43.8 Å². The number of likely N-dealkylation sites (N-methyl/N-ethyl adjacent to an activating group) is 1. The molecule has 1 aliphatic heterocycles. The molecule has 0 saturated carbocycles. The first-order valence-electron chi connectivity index (χ1n) is 11.1. The number of amides is 2. The van der Waals surface area contributed by atoms with E-state index in [0.717, 1.165) is 18.2 Å². The number of benzene rings is 2. The Balaban J connectivity index is 1.55. The van der Waals surface area contributed by atoms with Gasteiger partial charge in [-0.05, 0) is 67.2 Å². The van der Waals surface area contributed by atoms with Crippen LogP contribution in [-0.4, -0.2) is 42.0 Å². The van der Waals surface area contributed by atoms with Crippen molar-refractivity contribution in [2.75, 3.05) is 13.1 Å². The van der Waals surface area contributed by atoms with E-state index in [-0.39, 0.29) is 39.9 Å². The van der Waals surface area contributed by atoms with E-state index in [1.807, 2.05) is 6.92 Å². The first kappa shape index (κ1) is 25.5. The second-order valence-electron chi connectivity index (χ2n) is 8.75. The van der Waals surface area contributed by atoms with Gasteiger partial charge in [-0.3, -0.25) is 9.59 Å². The third-order valence-electron chi connectivity index (χ3n) is 6.77. The highest BCUT2D eigenvalue weighted by molar-refractivity contribution is 6.34. The van der Waals surface area contributed by atoms with Gasteiger partial charge in [-0.2, -0.15) is 13.2 Å². The van der Waals surface area contributed by atoms with Crippen molar-refractivity contribution >= 4 is 40.6 Å². The molecule has 186 valence electrons. The number of rotatable bonds is 5. The van der Waals surface area contributed by atoms with Crippen LogP contribution in [-0.2, 0) is 10.2 Å². The fourth-order valence-corrected chi connectivity index (χ4v) is 5.15. The average Bonchev–Trinajstić information content (AvgIpc) is 3.40. The quantitative estimate of drug-likeness (QED) is 0.472. The highest BCUT2D eigenvalue weighted by atomic mass is 35.5. The van der Waals surface area contributed by atoms with E-state index >= 15 is 0 Å². The lowest BCUT2D eigenvalue weighted by atomic mass is 9.76. The van der Waals surface area contributed by atoms with Crippen LogP contribution in [0.5, 0.6) is 0 Å². The van der Waals surface area contributed by atoms with Crippen LogP contribution < -0.4 is 5.32 Å². The standard InChI is InChI=1S/C25H22Cl2F4N2O2/c1-2-33-10-8-21(23(33)35)32-22(34)17-5-3-14(11-18(17)26)15-7-9-24(13-15,25(29,30)31)16-4-6-20(28)19(27)12-16/h3-7,11-12,21H,2,8-10,13H2,1H3,(H,32,34). The number of nitrogens with one attached hydrogen (secondary N) is 1.